The third-order valence-corrected chi connectivity index (χ3v) is 3.71. The van der Waals surface area contributed by atoms with Gasteiger partial charge in [-0.05, 0) is 46.8 Å². The van der Waals surface area contributed by atoms with Crippen molar-refractivity contribution in [1.82, 2.24) is 0 Å². The highest BCUT2D eigenvalue weighted by Crippen LogP contribution is 2.34. The maximum atomic E-state index is 2.32. The summed E-state index contributed by atoms with van der Waals surface area (Å²) >= 11 is 0. The van der Waals surface area contributed by atoms with Crippen LogP contribution in [0.15, 0.2) is 18.2 Å². The van der Waals surface area contributed by atoms with Crippen LogP contribution in [0.25, 0.3) is 0 Å². The van der Waals surface area contributed by atoms with Gasteiger partial charge in [0.05, 0.1) is 0 Å². The van der Waals surface area contributed by atoms with E-state index < -0.39 is 0 Å². The average molecular weight is 259 g/mol. The van der Waals surface area contributed by atoms with E-state index in [-0.39, 0.29) is 10.8 Å². The smallest absolute Gasteiger partial charge is 0.0129 e. The van der Waals surface area contributed by atoms with Crippen molar-refractivity contribution in [2.75, 3.05) is 0 Å². The van der Waals surface area contributed by atoms with Gasteiger partial charge in [0.25, 0.3) is 0 Å². The van der Waals surface area contributed by atoms with Gasteiger partial charge < -0.3 is 0 Å². The van der Waals surface area contributed by atoms with Crippen LogP contribution in [0.4, 0.5) is 0 Å². The Morgan fingerprint density at radius 3 is 1.74 bits per heavy atom. The highest BCUT2D eigenvalue weighted by Gasteiger charge is 2.24. The van der Waals surface area contributed by atoms with E-state index in [4.69, 9.17) is 0 Å². The van der Waals surface area contributed by atoms with Crippen molar-refractivity contribution in [3.8, 4) is 0 Å². The molecule has 0 heterocycles. The van der Waals surface area contributed by atoms with E-state index in [2.05, 4.69) is 73.1 Å². The van der Waals surface area contributed by atoms with Crippen molar-refractivity contribution in [3.63, 3.8) is 0 Å². The fourth-order valence-electron chi connectivity index (χ4n) is 2.74. The Balaban J connectivity index is 3.25. The van der Waals surface area contributed by atoms with Gasteiger partial charge >= 0.3 is 0 Å². The predicted octanol–water partition coefficient (Wildman–Crippen LogP) is 5.83. The second-order valence-electron chi connectivity index (χ2n) is 7.63. The van der Waals surface area contributed by atoms with Gasteiger partial charge in [-0.1, -0.05) is 73.1 Å². The Hall–Kier alpha value is -0.780. The summed E-state index contributed by atoms with van der Waals surface area (Å²) in [5, 5.41) is 0. The quantitative estimate of drug-likeness (QED) is 0.597. The maximum Gasteiger partial charge on any atom is -0.0129 e. The lowest BCUT2D eigenvalue weighted by molar-refractivity contribution is 0.551. The predicted molar refractivity (Wildman–Crippen MR) is 86.8 cm³/mol. The summed E-state index contributed by atoms with van der Waals surface area (Å²) in [6.07, 6.45) is 5.94. The van der Waals surface area contributed by atoms with Crippen LogP contribution in [-0.4, -0.2) is 0 Å². The Kier molecular flexibility index (Phi) is 5.24. The van der Waals surface area contributed by atoms with Gasteiger partial charge in [-0.2, -0.15) is 0 Å². The number of benzene rings is 1. The highest BCUT2D eigenvalue weighted by atomic mass is 14.3. The van der Waals surface area contributed by atoms with E-state index in [0.717, 1.165) is 0 Å². The van der Waals surface area contributed by atoms with Gasteiger partial charge in [-0.15, -0.1) is 0 Å². The molecule has 1 rings (SSSR count). The molecule has 0 bridgehead atoms. The zero-order valence-electron chi connectivity index (χ0n) is 13.9. The van der Waals surface area contributed by atoms with Gasteiger partial charge in [-0.25, -0.2) is 0 Å². The zero-order chi connectivity index (χ0) is 14.7. The van der Waals surface area contributed by atoms with Crippen LogP contribution in [-0.2, 0) is 17.3 Å². The molecule has 0 aromatic heterocycles. The Morgan fingerprint density at radius 1 is 0.895 bits per heavy atom. The minimum Gasteiger partial charge on any atom is -0.0623 e. The first-order valence-corrected chi connectivity index (χ1v) is 7.58. The van der Waals surface area contributed by atoms with Crippen LogP contribution in [0.2, 0.25) is 0 Å². The lowest BCUT2D eigenvalue weighted by Gasteiger charge is -2.30. The van der Waals surface area contributed by atoms with Crippen LogP contribution in [0.1, 0.15) is 78.0 Å². The molecule has 0 saturated heterocycles. The lowest BCUT2D eigenvalue weighted by Crippen LogP contribution is -2.21. The van der Waals surface area contributed by atoms with Gasteiger partial charge in [0.15, 0.2) is 0 Å². The van der Waals surface area contributed by atoms with Gasteiger partial charge in [0.2, 0.25) is 0 Å². The molecule has 107 valence electrons. The maximum absolute atomic E-state index is 2.32. The topological polar surface area (TPSA) is 0 Å². The number of hydrogen-bond donors (Lipinski definition) is 0. The molecule has 0 saturated carbocycles. The third-order valence-electron chi connectivity index (χ3n) is 3.71. The molecule has 0 nitrogen and oxygen atoms in total. The van der Waals surface area contributed by atoms with E-state index in [0.29, 0.717) is 0 Å². The van der Waals surface area contributed by atoms with Crippen LogP contribution < -0.4 is 0 Å². The molecule has 0 fully saturated rings. The molecule has 0 heteroatoms. The summed E-state index contributed by atoms with van der Waals surface area (Å²) in [4.78, 5) is 0. The van der Waals surface area contributed by atoms with Gasteiger partial charge in [0.1, 0.15) is 0 Å². The van der Waals surface area contributed by atoms with Crippen LogP contribution in [0.5, 0.6) is 0 Å². The summed E-state index contributed by atoms with van der Waals surface area (Å²) < 4.78 is 0. The fraction of sp³-hybridized carbons (Fsp3) is 0.632. The van der Waals surface area contributed by atoms with E-state index >= 15 is 0 Å². The van der Waals surface area contributed by atoms with E-state index in [1.807, 2.05) is 0 Å². The summed E-state index contributed by atoms with van der Waals surface area (Å²) in [6.45, 7) is 16.1. The van der Waals surface area contributed by atoms with Crippen molar-refractivity contribution in [3.05, 3.63) is 41.3 Å². The monoisotopic (exact) mass is 259 g/mol. The molecule has 0 aliphatic rings. The van der Waals surface area contributed by atoms with Crippen LogP contribution >= 0.6 is 0 Å². The molecule has 1 aromatic rings. The zero-order valence-corrected chi connectivity index (χ0v) is 13.9. The Bertz CT molecular complexity index is 367. The first kappa shape index (κ1) is 16.3. The standard InChI is InChI=1S/C19H31/c1-8-9-10-12-15-16(18(2,3)4)13-11-14-17(15)19(5,6)7/h8,11,13-14H,9-10,12H2,1-7H3. The van der Waals surface area contributed by atoms with Crippen molar-refractivity contribution >= 4 is 0 Å². The van der Waals surface area contributed by atoms with Crippen LogP contribution in [0.3, 0.4) is 0 Å². The lowest BCUT2D eigenvalue weighted by atomic mass is 9.75. The largest absolute Gasteiger partial charge is 0.0623 e. The first-order valence-electron chi connectivity index (χ1n) is 7.58. The molecule has 0 atom stereocenters. The van der Waals surface area contributed by atoms with E-state index in [9.17, 15) is 0 Å². The molecule has 0 aliphatic heterocycles. The molecule has 0 amide bonds. The minimum absolute atomic E-state index is 0.229. The molecular weight excluding hydrogens is 228 g/mol. The first-order chi connectivity index (χ1) is 8.68. The molecule has 19 heavy (non-hydrogen) atoms. The third kappa shape index (κ3) is 4.37. The van der Waals surface area contributed by atoms with Gasteiger partial charge in [0, 0.05) is 0 Å². The Labute approximate surface area is 120 Å². The van der Waals surface area contributed by atoms with E-state index in [1.54, 1.807) is 5.56 Å². The van der Waals surface area contributed by atoms with Crippen molar-refractivity contribution in [2.45, 2.75) is 78.6 Å². The molecule has 1 aromatic carbocycles. The summed E-state index contributed by atoms with van der Waals surface area (Å²) in [5.41, 5.74) is 5.09. The summed E-state index contributed by atoms with van der Waals surface area (Å²) in [5.74, 6) is 0. The molecule has 0 aliphatic carbocycles. The molecule has 1 radical (unpaired) electrons. The van der Waals surface area contributed by atoms with Crippen molar-refractivity contribution in [1.29, 1.82) is 0 Å². The van der Waals surface area contributed by atoms with E-state index in [1.165, 1.54) is 30.4 Å². The summed E-state index contributed by atoms with van der Waals surface area (Å²) in [6, 6.07) is 6.87. The minimum atomic E-state index is 0.229. The molecular formula is C19H31. The SMILES string of the molecule is C[CH]CCCc1c(C(C)(C)C)cccc1C(C)(C)C. The van der Waals surface area contributed by atoms with Crippen molar-refractivity contribution in [2.24, 2.45) is 0 Å². The second-order valence-corrected chi connectivity index (χ2v) is 7.63. The fourth-order valence-corrected chi connectivity index (χ4v) is 2.74. The molecule has 0 N–H and O–H groups in total. The number of rotatable bonds is 4. The normalized spacial score (nSPS) is 12.8. The number of hydrogen-bond acceptors (Lipinski definition) is 0. The highest BCUT2D eigenvalue weighted by molar-refractivity contribution is 5.42. The molecule has 0 unspecified atom stereocenters. The molecule has 0 spiro atoms. The van der Waals surface area contributed by atoms with Crippen molar-refractivity contribution < 1.29 is 0 Å². The van der Waals surface area contributed by atoms with Gasteiger partial charge in [-0.3, -0.25) is 0 Å². The number of unbranched alkanes of at least 4 members (excludes halogenated alkanes) is 2. The van der Waals surface area contributed by atoms with Crippen LogP contribution in [0, 0.1) is 6.42 Å². The average Bonchev–Trinajstić information content (AvgIpc) is 2.26. The Morgan fingerprint density at radius 2 is 1.37 bits per heavy atom. The summed E-state index contributed by atoms with van der Waals surface area (Å²) in [7, 11) is 0. The second kappa shape index (κ2) is 6.11.